The number of nitrogens with one attached hydrogen (secondary N) is 2. The minimum Gasteiger partial charge on any atom is -0.385 e. The Morgan fingerprint density at radius 1 is 1.28 bits per heavy atom. The summed E-state index contributed by atoms with van der Waals surface area (Å²) < 4.78 is 29.2. The summed E-state index contributed by atoms with van der Waals surface area (Å²) in [5.41, 5.74) is -1.09. The summed E-state index contributed by atoms with van der Waals surface area (Å²) in [6.07, 6.45) is 5.19. The summed E-state index contributed by atoms with van der Waals surface area (Å²) >= 11 is 3.17. The fourth-order valence-corrected chi connectivity index (χ4v) is 4.24. The third-order valence-electron chi connectivity index (χ3n) is 5.50. The highest BCUT2D eigenvalue weighted by molar-refractivity contribution is 9.10. The lowest BCUT2D eigenvalue weighted by molar-refractivity contribution is -0.108. The molecule has 0 saturated carbocycles. The average Bonchev–Trinajstić information content (AvgIpc) is 2.69. The maximum atomic E-state index is 14.4. The Bertz CT molecular complexity index is 931. The van der Waals surface area contributed by atoms with Crippen molar-refractivity contribution in [1.82, 2.24) is 15.2 Å². The van der Waals surface area contributed by atoms with Crippen molar-refractivity contribution in [1.29, 1.82) is 0 Å². The first-order chi connectivity index (χ1) is 13.9. The summed E-state index contributed by atoms with van der Waals surface area (Å²) in [6.45, 7) is 1.17. The molecule has 0 radical (unpaired) electrons. The molecule has 1 aromatic carbocycles. The molecule has 1 atom stereocenters. The zero-order valence-electron chi connectivity index (χ0n) is 15.6. The first-order valence-electron chi connectivity index (χ1n) is 9.48. The molecule has 2 aliphatic heterocycles. The molecule has 9 heteroatoms. The minimum absolute atomic E-state index is 0.00836. The van der Waals surface area contributed by atoms with Crippen molar-refractivity contribution in [2.75, 3.05) is 25.0 Å². The van der Waals surface area contributed by atoms with Crippen molar-refractivity contribution < 1.29 is 18.7 Å². The Hall–Kier alpha value is -2.10. The summed E-state index contributed by atoms with van der Waals surface area (Å²) in [4.78, 5) is 18.2. The lowest BCUT2D eigenvalue weighted by atomic mass is 9.81. The van der Waals surface area contributed by atoms with Gasteiger partial charge in [-0.25, -0.2) is 8.78 Å². The van der Waals surface area contributed by atoms with Gasteiger partial charge >= 0.3 is 0 Å². The van der Waals surface area contributed by atoms with Crippen LogP contribution in [0.5, 0.6) is 0 Å². The van der Waals surface area contributed by atoms with Crippen LogP contribution in [0.25, 0.3) is 0 Å². The Labute approximate surface area is 175 Å². The molecule has 3 heterocycles. The molecule has 1 aromatic heterocycles. The molecule has 4 rings (SSSR count). The van der Waals surface area contributed by atoms with Crippen LogP contribution < -0.4 is 10.6 Å². The lowest BCUT2D eigenvalue weighted by Gasteiger charge is -2.51. The quantitative estimate of drug-likeness (QED) is 0.644. The van der Waals surface area contributed by atoms with Gasteiger partial charge in [-0.15, -0.1) is 0 Å². The number of halogens is 3. The molecule has 2 saturated heterocycles. The second-order valence-corrected chi connectivity index (χ2v) is 8.48. The van der Waals surface area contributed by atoms with Gasteiger partial charge in [0.05, 0.1) is 36.2 Å². The van der Waals surface area contributed by atoms with Gasteiger partial charge in [-0.05, 0) is 37.6 Å². The van der Waals surface area contributed by atoms with Crippen molar-refractivity contribution in [3.05, 3.63) is 52.3 Å². The number of rotatable bonds is 4. The number of benzene rings is 1. The molecule has 1 amide bonds. The number of anilines is 2. The second kappa shape index (κ2) is 7.97. The zero-order chi connectivity index (χ0) is 20.6. The molecule has 0 unspecified atom stereocenters. The number of piperidine rings is 1. The van der Waals surface area contributed by atoms with Gasteiger partial charge in [-0.2, -0.15) is 0 Å². The van der Waals surface area contributed by atoms with Gasteiger partial charge in [0.1, 0.15) is 11.4 Å². The van der Waals surface area contributed by atoms with Gasteiger partial charge in [-0.3, -0.25) is 9.78 Å². The van der Waals surface area contributed by atoms with Crippen molar-refractivity contribution >= 4 is 33.2 Å². The monoisotopic (exact) mass is 466 g/mol. The lowest BCUT2D eigenvalue weighted by Crippen LogP contribution is -2.72. The van der Waals surface area contributed by atoms with Crippen LogP contribution >= 0.6 is 15.9 Å². The molecule has 3 N–H and O–H groups in total. The molecular weight excluding hydrogens is 446 g/mol. The second-order valence-electron chi connectivity index (χ2n) is 7.56. The summed E-state index contributed by atoms with van der Waals surface area (Å²) in [5, 5.41) is 16.8. The fourth-order valence-electron chi connectivity index (χ4n) is 3.91. The number of carbonyl (C=O) groups is 1. The first kappa shape index (κ1) is 20.2. The maximum absolute atomic E-state index is 14.4. The van der Waals surface area contributed by atoms with E-state index in [2.05, 4.69) is 31.5 Å². The van der Waals surface area contributed by atoms with Crippen molar-refractivity contribution in [2.24, 2.45) is 0 Å². The highest BCUT2D eigenvalue weighted by Crippen LogP contribution is 2.33. The van der Waals surface area contributed by atoms with E-state index in [-0.39, 0.29) is 36.1 Å². The van der Waals surface area contributed by atoms with Crippen LogP contribution in [0.15, 0.2) is 35.1 Å². The molecule has 2 aromatic rings. The smallest absolute Gasteiger partial charge is 0.257 e. The van der Waals surface area contributed by atoms with E-state index in [1.54, 1.807) is 6.07 Å². The SMILES string of the molecule is O=C(c1cncc(F)c1Nc1ccc(Br)cc1F)N1CC(O)([C@@H]2CCCCN2)C1. The predicted molar refractivity (Wildman–Crippen MR) is 108 cm³/mol. The molecule has 0 bridgehead atoms. The van der Waals surface area contributed by atoms with Gasteiger partial charge in [0.25, 0.3) is 5.91 Å². The third-order valence-corrected chi connectivity index (χ3v) is 5.99. The van der Waals surface area contributed by atoms with E-state index in [1.807, 2.05) is 0 Å². The van der Waals surface area contributed by atoms with Crippen LogP contribution in [0.4, 0.5) is 20.2 Å². The van der Waals surface area contributed by atoms with Crippen molar-refractivity contribution in [3.63, 3.8) is 0 Å². The van der Waals surface area contributed by atoms with Crippen LogP contribution in [0.1, 0.15) is 29.6 Å². The Balaban J connectivity index is 1.53. The highest BCUT2D eigenvalue weighted by Gasteiger charge is 2.49. The van der Waals surface area contributed by atoms with E-state index >= 15 is 0 Å². The summed E-state index contributed by atoms with van der Waals surface area (Å²) in [6, 6.07) is 4.25. The van der Waals surface area contributed by atoms with E-state index in [4.69, 9.17) is 0 Å². The van der Waals surface area contributed by atoms with E-state index in [0.717, 1.165) is 32.0 Å². The number of amides is 1. The van der Waals surface area contributed by atoms with Crippen LogP contribution in [-0.4, -0.2) is 52.2 Å². The Kier molecular flexibility index (Phi) is 5.54. The minimum atomic E-state index is -0.984. The summed E-state index contributed by atoms with van der Waals surface area (Å²) in [5.74, 6) is -1.81. The van der Waals surface area contributed by atoms with Gasteiger partial charge in [-0.1, -0.05) is 22.4 Å². The number of pyridine rings is 1. The van der Waals surface area contributed by atoms with Crippen LogP contribution in [0, 0.1) is 11.6 Å². The fraction of sp³-hybridized carbons (Fsp3) is 0.400. The number of β-amino-alcohol motifs (C(OH)–C–C–N with tert-alkyl or cyclic N) is 1. The standard InChI is InChI=1S/C20H21BrF2N4O2/c21-12-4-5-16(14(22)7-12)26-18-13(8-24-9-15(18)23)19(28)27-10-20(29,11-27)17-3-1-2-6-25-17/h4-5,7-9,17,25,29H,1-3,6,10-11H2,(H,24,26)/t17-/m0/s1. The van der Waals surface area contributed by atoms with E-state index in [0.29, 0.717) is 4.47 Å². The maximum Gasteiger partial charge on any atom is 0.257 e. The molecule has 0 spiro atoms. The van der Waals surface area contributed by atoms with Crippen molar-refractivity contribution in [3.8, 4) is 0 Å². The number of hydrogen-bond donors (Lipinski definition) is 3. The molecule has 2 aliphatic rings. The topological polar surface area (TPSA) is 77.5 Å². The van der Waals surface area contributed by atoms with Gasteiger partial charge in [0.15, 0.2) is 5.82 Å². The first-order valence-corrected chi connectivity index (χ1v) is 10.3. The van der Waals surface area contributed by atoms with E-state index in [9.17, 15) is 18.7 Å². The normalized spacial score (nSPS) is 20.8. The number of aliphatic hydroxyl groups is 1. The number of hydrogen-bond acceptors (Lipinski definition) is 5. The summed E-state index contributed by atoms with van der Waals surface area (Å²) in [7, 11) is 0. The van der Waals surface area contributed by atoms with Gasteiger partial charge < -0.3 is 20.6 Å². The largest absolute Gasteiger partial charge is 0.385 e. The number of aromatic nitrogens is 1. The van der Waals surface area contributed by atoms with Crippen LogP contribution in [0.2, 0.25) is 0 Å². The Morgan fingerprint density at radius 2 is 2.07 bits per heavy atom. The van der Waals surface area contributed by atoms with Crippen LogP contribution in [0.3, 0.4) is 0 Å². The third kappa shape index (κ3) is 3.99. The number of nitrogens with zero attached hydrogens (tertiary/aromatic N) is 2. The molecule has 29 heavy (non-hydrogen) atoms. The molecule has 2 fully saturated rings. The van der Waals surface area contributed by atoms with Gasteiger partial charge in [0, 0.05) is 16.7 Å². The molecular formula is C20H21BrF2N4O2. The molecule has 6 nitrogen and oxygen atoms in total. The van der Waals surface area contributed by atoms with Gasteiger partial charge in [0.2, 0.25) is 0 Å². The van der Waals surface area contributed by atoms with Crippen LogP contribution in [-0.2, 0) is 0 Å². The molecule has 0 aliphatic carbocycles. The highest BCUT2D eigenvalue weighted by atomic mass is 79.9. The predicted octanol–water partition coefficient (Wildman–Crippen LogP) is 3.19. The molecule has 154 valence electrons. The number of carbonyl (C=O) groups excluding carboxylic acids is 1. The average molecular weight is 467 g/mol. The number of likely N-dealkylation sites (tertiary alicyclic amines) is 1. The van der Waals surface area contributed by atoms with Crippen molar-refractivity contribution in [2.45, 2.75) is 30.9 Å². The van der Waals surface area contributed by atoms with E-state index < -0.39 is 23.1 Å². The zero-order valence-corrected chi connectivity index (χ0v) is 17.2. The Morgan fingerprint density at radius 3 is 2.76 bits per heavy atom. The van der Waals surface area contributed by atoms with E-state index in [1.165, 1.54) is 23.2 Å².